The molecule has 0 atom stereocenters. The van der Waals surface area contributed by atoms with Crippen molar-refractivity contribution in [2.24, 2.45) is 0 Å². The van der Waals surface area contributed by atoms with Crippen molar-refractivity contribution in [3.63, 3.8) is 0 Å². The van der Waals surface area contributed by atoms with Crippen molar-refractivity contribution < 1.29 is 9.18 Å². The van der Waals surface area contributed by atoms with Crippen LogP contribution in [0.15, 0.2) is 28.0 Å². The van der Waals surface area contributed by atoms with E-state index in [2.05, 4.69) is 15.1 Å². The molecule has 24 heavy (non-hydrogen) atoms. The molecule has 1 aliphatic rings. The smallest absolute Gasteiger partial charge is 0.233 e. The molecule has 0 spiro atoms. The third kappa shape index (κ3) is 4.44. The molecular weight excluding hydrogens is 371 g/mol. The quantitative estimate of drug-likeness (QED) is 0.739. The molecule has 1 fully saturated rings. The maximum Gasteiger partial charge on any atom is 0.233 e. The van der Waals surface area contributed by atoms with Crippen molar-refractivity contribution in [1.29, 1.82) is 0 Å². The molecule has 0 saturated carbocycles. The molecule has 2 heterocycles. The topological polar surface area (TPSA) is 49.3 Å². The van der Waals surface area contributed by atoms with Crippen molar-refractivity contribution >= 4 is 40.6 Å². The zero-order valence-electron chi connectivity index (χ0n) is 12.8. The SMILES string of the molecule is O=C(CSc1nncs1)N1CCN(Cc2c(F)cccc2Cl)CC1. The minimum absolute atomic E-state index is 0.0961. The number of hydrogen-bond acceptors (Lipinski definition) is 6. The van der Waals surface area contributed by atoms with Gasteiger partial charge in [-0.15, -0.1) is 10.2 Å². The van der Waals surface area contributed by atoms with Crippen LogP contribution in [0, 0.1) is 5.82 Å². The molecule has 1 saturated heterocycles. The molecule has 0 N–H and O–H groups in total. The maximum absolute atomic E-state index is 13.9. The van der Waals surface area contributed by atoms with Gasteiger partial charge in [0.1, 0.15) is 11.3 Å². The van der Waals surface area contributed by atoms with E-state index in [1.165, 1.54) is 29.2 Å². The number of nitrogens with zero attached hydrogens (tertiary/aromatic N) is 4. The molecule has 1 amide bonds. The van der Waals surface area contributed by atoms with E-state index in [0.717, 1.165) is 4.34 Å². The lowest BCUT2D eigenvalue weighted by molar-refractivity contribution is -0.130. The highest BCUT2D eigenvalue weighted by Crippen LogP contribution is 2.22. The second-order valence-corrected chi connectivity index (χ2v) is 7.81. The Morgan fingerprint density at radius 2 is 2.12 bits per heavy atom. The van der Waals surface area contributed by atoms with E-state index in [4.69, 9.17) is 11.6 Å². The Morgan fingerprint density at radius 3 is 2.79 bits per heavy atom. The molecule has 1 aromatic carbocycles. The third-order valence-corrected chi connectivity index (χ3v) is 6.03. The van der Waals surface area contributed by atoms with Gasteiger partial charge in [-0.2, -0.15) is 0 Å². The highest BCUT2D eigenvalue weighted by molar-refractivity contribution is 8.01. The van der Waals surface area contributed by atoms with E-state index >= 15 is 0 Å². The normalized spacial score (nSPS) is 15.7. The third-order valence-electron chi connectivity index (χ3n) is 3.83. The van der Waals surface area contributed by atoms with E-state index in [1.807, 2.05) is 4.90 Å². The first-order chi connectivity index (χ1) is 11.6. The summed E-state index contributed by atoms with van der Waals surface area (Å²) in [6.45, 7) is 3.16. The van der Waals surface area contributed by atoms with E-state index in [9.17, 15) is 9.18 Å². The average molecular weight is 387 g/mol. The molecule has 128 valence electrons. The van der Waals surface area contributed by atoms with Gasteiger partial charge in [-0.05, 0) is 12.1 Å². The van der Waals surface area contributed by atoms with Gasteiger partial charge in [-0.1, -0.05) is 40.8 Å². The lowest BCUT2D eigenvalue weighted by Crippen LogP contribution is -2.48. The number of rotatable bonds is 5. The summed E-state index contributed by atoms with van der Waals surface area (Å²) in [6, 6.07) is 4.73. The largest absolute Gasteiger partial charge is 0.339 e. The van der Waals surface area contributed by atoms with Crippen LogP contribution in [0.1, 0.15) is 5.56 Å². The lowest BCUT2D eigenvalue weighted by Gasteiger charge is -2.34. The second-order valence-electron chi connectivity index (χ2n) is 5.35. The van der Waals surface area contributed by atoms with Gasteiger partial charge in [0.25, 0.3) is 0 Å². The molecule has 3 rings (SSSR count). The zero-order valence-corrected chi connectivity index (χ0v) is 15.2. The van der Waals surface area contributed by atoms with Crippen LogP contribution in [0.4, 0.5) is 4.39 Å². The molecule has 0 unspecified atom stereocenters. The molecule has 1 aliphatic heterocycles. The van der Waals surface area contributed by atoms with Gasteiger partial charge in [-0.3, -0.25) is 9.69 Å². The number of carbonyl (C=O) groups is 1. The Bertz CT molecular complexity index is 673. The number of benzene rings is 1. The van der Waals surface area contributed by atoms with Gasteiger partial charge < -0.3 is 4.90 Å². The lowest BCUT2D eigenvalue weighted by atomic mass is 10.2. The fourth-order valence-corrected chi connectivity index (χ4v) is 4.12. The van der Waals surface area contributed by atoms with Crippen molar-refractivity contribution in [3.8, 4) is 0 Å². The van der Waals surface area contributed by atoms with Gasteiger partial charge in [0, 0.05) is 43.3 Å². The molecule has 0 aliphatic carbocycles. The van der Waals surface area contributed by atoms with Crippen molar-refractivity contribution in [3.05, 3.63) is 40.1 Å². The first kappa shape index (κ1) is 17.6. The summed E-state index contributed by atoms with van der Waals surface area (Å²) in [4.78, 5) is 16.2. The first-order valence-electron chi connectivity index (χ1n) is 7.45. The minimum Gasteiger partial charge on any atom is -0.339 e. The minimum atomic E-state index is -0.283. The van der Waals surface area contributed by atoms with Crippen LogP contribution in [-0.4, -0.2) is 57.8 Å². The standard InChI is InChI=1S/C15H16ClFN4OS2/c16-12-2-1-3-13(17)11(12)8-20-4-6-21(7-5-20)14(22)9-23-15-19-18-10-24-15/h1-3,10H,4-9H2. The second kappa shape index (κ2) is 8.24. The number of aromatic nitrogens is 2. The Labute approximate surface area is 152 Å². The van der Waals surface area contributed by atoms with Crippen LogP contribution in [0.5, 0.6) is 0 Å². The summed E-state index contributed by atoms with van der Waals surface area (Å²) >= 11 is 8.91. The van der Waals surface area contributed by atoms with Gasteiger partial charge in [0.05, 0.1) is 5.75 Å². The van der Waals surface area contributed by atoms with Gasteiger partial charge in [0.15, 0.2) is 4.34 Å². The maximum atomic E-state index is 13.9. The highest BCUT2D eigenvalue weighted by Gasteiger charge is 2.22. The number of hydrogen-bond donors (Lipinski definition) is 0. The molecule has 0 bridgehead atoms. The Morgan fingerprint density at radius 1 is 1.33 bits per heavy atom. The predicted molar refractivity (Wildman–Crippen MR) is 93.9 cm³/mol. The summed E-state index contributed by atoms with van der Waals surface area (Å²) in [7, 11) is 0. The van der Waals surface area contributed by atoms with Crippen molar-refractivity contribution in [2.45, 2.75) is 10.9 Å². The Hall–Kier alpha value is -1.22. The highest BCUT2D eigenvalue weighted by atomic mass is 35.5. The van der Waals surface area contributed by atoms with Gasteiger partial charge >= 0.3 is 0 Å². The van der Waals surface area contributed by atoms with Crippen LogP contribution in [0.2, 0.25) is 5.02 Å². The first-order valence-corrected chi connectivity index (χ1v) is 9.70. The fourth-order valence-electron chi connectivity index (χ4n) is 2.50. The number of halogens is 2. The number of carbonyl (C=O) groups excluding carboxylic acids is 1. The fraction of sp³-hybridized carbons (Fsp3) is 0.400. The van der Waals surface area contributed by atoms with Crippen LogP contribution in [0.3, 0.4) is 0 Å². The van der Waals surface area contributed by atoms with E-state index in [-0.39, 0.29) is 11.7 Å². The molecule has 1 aromatic heterocycles. The average Bonchev–Trinajstić information content (AvgIpc) is 3.10. The Kier molecular flexibility index (Phi) is 6.04. The number of piperazine rings is 1. The summed E-state index contributed by atoms with van der Waals surface area (Å²) in [5.41, 5.74) is 2.17. The number of thioether (sulfide) groups is 1. The van der Waals surface area contributed by atoms with Crippen molar-refractivity contribution in [2.75, 3.05) is 31.9 Å². The summed E-state index contributed by atoms with van der Waals surface area (Å²) in [6.07, 6.45) is 0. The van der Waals surface area contributed by atoms with Gasteiger partial charge in [-0.25, -0.2) is 4.39 Å². The Balaban J connectivity index is 1.48. The van der Waals surface area contributed by atoms with Crippen LogP contribution >= 0.6 is 34.7 Å². The summed E-state index contributed by atoms with van der Waals surface area (Å²) in [5, 5.41) is 8.11. The van der Waals surface area contributed by atoms with Crippen molar-refractivity contribution in [1.82, 2.24) is 20.0 Å². The number of amides is 1. The summed E-state index contributed by atoms with van der Waals surface area (Å²) < 4.78 is 14.7. The predicted octanol–water partition coefficient (Wildman–Crippen LogP) is 2.77. The van der Waals surface area contributed by atoms with Crippen LogP contribution in [-0.2, 0) is 11.3 Å². The van der Waals surface area contributed by atoms with E-state index < -0.39 is 0 Å². The zero-order chi connectivity index (χ0) is 16.9. The van der Waals surface area contributed by atoms with Crippen LogP contribution in [0.25, 0.3) is 0 Å². The van der Waals surface area contributed by atoms with E-state index in [1.54, 1.807) is 17.6 Å². The molecule has 2 aromatic rings. The van der Waals surface area contributed by atoms with Crippen LogP contribution < -0.4 is 0 Å². The molecule has 0 radical (unpaired) electrons. The summed E-state index contributed by atoms with van der Waals surface area (Å²) in [5.74, 6) is 0.183. The molecular formula is C15H16ClFN4OS2. The molecule has 5 nitrogen and oxygen atoms in total. The molecule has 9 heteroatoms. The monoisotopic (exact) mass is 386 g/mol. The van der Waals surface area contributed by atoms with E-state index in [0.29, 0.717) is 49.1 Å². The van der Waals surface area contributed by atoms with Gasteiger partial charge in [0.2, 0.25) is 5.91 Å².